The maximum atomic E-state index is 11.9. The van der Waals surface area contributed by atoms with Crippen LogP contribution >= 0.6 is 0 Å². The lowest BCUT2D eigenvalue weighted by atomic mass is 9.65. The zero-order chi connectivity index (χ0) is 14.9. The fraction of sp³-hybridized carbons (Fsp3) is 1.00. The van der Waals surface area contributed by atoms with E-state index < -0.39 is 20.9 Å². The van der Waals surface area contributed by atoms with E-state index in [0.29, 0.717) is 31.1 Å². The average Bonchev–Trinajstić information content (AvgIpc) is 2.53. The molecule has 0 radical (unpaired) electrons. The highest BCUT2D eigenvalue weighted by molar-refractivity contribution is 7.91. The molecular weight excluding hydrogens is 262 g/mol. The molecule has 1 aliphatic heterocycles. The van der Waals surface area contributed by atoms with Gasteiger partial charge in [-0.25, -0.2) is 8.42 Å². The highest BCUT2D eigenvalue weighted by Crippen LogP contribution is 2.47. The summed E-state index contributed by atoms with van der Waals surface area (Å²) < 4.78 is 23.7. The third-order valence-electron chi connectivity index (χ3n) is 4.26. The molecule has 1 saturated heterocycles. The van der Waals surface area contributed by atoms with Gasteiger partial charge in [-0.15, -0.1) is 0 Å². The Morgan fingerprint density at radius 3 is 1.95 bits per heavy atom. The van der Waals surface area contributed by atoms with Gasteiger partial charge in [0, 0.05) is 12.0 Å². The molecule has 19 heavy (non-hydrogen) atoms. The van der Waals surface area contributed by atoms with Crippen LogP contribution < -0.4 is 5.73 Å². The third-order valence-corrected chi connectivity index (χ3v) is 6.08. The topological polar surface area (TPSA) is 80.4 Å². The van der Waals surface area contributed by atoms with E-state index in [-0.39, 0.29) is 18.1 Å². The minimum absolute atomic E-state index is 0.0342. The summed E-state index contributed by atoms with van der Waals surface area (Å²) >= 11 is 0. The van der Waals surface area contributed by atoms with E-state index in [4.69, 9.17) is 5.73 Å². The third kappa shape index (κ3) is 3.70. The molecular formula is C14H29NO3S. The van der Waals surface area contributed by atoms with Crippen molar-refractivity contribution in [3.8, 4) is 0 Å². The molecule has 1 heterocycles. The molecule has 5 heteroatoms. The summed E-state index contributed by atoms with van der Waals surface area (Å²) in [5, 5.41) is 11.2. The molecule has 0 bridgehead atoms. The van der Waals surface area contributed by atoms with Crippen LogP contribution in [0.3, 0.4) is 0 Å². The summed E-state index contributed by atoms with van der Waals surface area (Å²) in [6.45, 7) is 8.46. The summed E-state index contributed by atoms with van der Waals surface area (Å²) in [7, 11) is -3.06. The Morgan fingerprint density at radius 1 is 1.21 bits per heavy atom. The molecule has 0 aromatic heterocycles. The van der Waals surface area contributed by atoms with Crippen molar-refractivity contribution in [1.82, 2.24) is 0 Å². The molecule has 1 unspecified atom stereocenters. The Bertz CT molecular complexity index is 393. The Morgan fingerprint density at radius 2 is 1.68 bits per heavy atom. The van der Waals surface area contributed by atoms with Gasteiger partial charge in [-0.05, 0) is 31.1 Å². The van der Waals surface area contributed by atoms with Crippen LogP contribution in [0.5, 0.6) is 0 Å². The van der Waals surface area contributed by atoms with Gasteiger partial charge >= 0.3 is 0 Å². The number of sulfone groups is 1. The lowest BCUT2D eigenvalue weighted by Crippen LogP contribution is -2.55. The van der Waals surface area contributed by atoms with Gasteiger partial charge in [0.15, 0.2) is 9.84 Å². The van der Waals surface area contributed by atoms with E-state index in [1.165, 1.54) is 0 Å². The molecule has 3 N–H and O–H groups in total. The van der Waals surface area contributed by atoms with E-state index in [1.807, 2.05) is 0 Å². The monoisotopic (exact) mass is 291 g/mol. The van der Waals surface area contributed by atoms with Crippen molar-refractivity contribution >= 4 is 9.84 Å². The Kier molecular flexibility index (Phi) is 5.08. The van der Waals surface area contributed by atoms with Crippen molar-refractivity contribution in [3.63, 3.8) is 0 Å². The molecule has 114 valence electrons. The summed E-state index contributed by atoms with van der Waals surface area (Å²) in [5.41, 5.74) is 4.26. The van der Waals surface area contributed by atoms with Crippen LogP contribution in [-0.2, 0) is 9.84 Å². The minimum atomic E-state index is -3.06. The predicted molar refractivity (Wildman–Crippen MR) is 78.6 cm³/mol. The second-order valence-corrected chi connectivity index (χ2v) is 9.24. The van der Waals surface area contributed by atoms with E-state index in [1.54, 1.807) is 0 Å². The first-order valence-corrected chi connectivity index (χ1v) is 9.01. The summed E-state index contributed by atoms with van der Waals surface area (Å²) in [5.74, 6) is 0.820. The fourth-order valence-electron chi connectivity index (χ4n) is 3.50. The highest BCUT2D eigenvalue weighted by atomic mass is 32.2. The number of hydrogen-bond donors (Lipinski definition) is 2. The van der Waals surface area contributed by atoms with Gasteiger partial charge in [0.1, 0.15) is 0 Å². The van der Waals surface area contributed by atoms with Crippen LogP contribution in [0.4, 0.5) is 0 Å². The van der Waals surface area contributed by atoms with Gasteiger partial charge in [-0.2, -0.15) is 0 Å². The Labute approximate surface area is 117 Å². The van der Waals surface area contributed by atoms with Crippen molar-refractivity contribution < 1.29 is 13.5 Å². The van der Waals surface area contributed by atoms with E-state index >= 15 is 0 Å². The second kappa shape index (κ2) is 5.70. The number of nitrogens with two attached hydrogens (primary N) is 1. The molecule has 1 rings (SSSR count). The Hall–Kier alpha value is -0.130. The lowest BCUT2D eigenvalue weighted by molar-refractivity contribution is -0.0962. The van der Waals surface area contributed by atoms with Gasteiger partial charge in [0.05, 0.1) is 17.1 Å². The summed E-state index contributed by atoms with van der Waals surface area (Å²) in [6.07, 6.45) is 1.71. The van der Waals surface area contributed by atoms with Crippen LogP contribution in [0, 0.1) is 17.3 Å². The first-order valence-electron chi connectivity index (χ1n) is 7.19. The van der Waals surface area contributed by atoms with Gasteiger partial charge in [-0.3, -0.25) is 0 Å². The first kappa shape index (κ1) is 16.9. The average molecular weight is 291 g/mol. The molecule has 4 nitrogen and oxygen atoms in total. The molecule has 1 atom stereocenters. The molecule has 0 amide bonds. The van der Waals surface area contributed by atoms with Crippen molar-refractivity contribution in [2.45, 2.75) is 52.6 Å². The van der Waals surface area contributed by atoms with Crippen LogP contribution in [0.15, 0.2) is 0 Å². The van der Waals surface area contributed by atoms with E-state index in [2.05, 4.69) is 27.7 Å². The number of rotatable bonds is 6. The van der Waals surface area contributed by atoms with Crippen LogP contribution in [0.1, 0.15) is 47.0 Å². The van der Waals surface area contributed by atoms with Crippen molar-refractivity contribution in [3.05, 3.63) is 0 Å². The van der Waals surface area contributed by atoms with Gasteiger partial charge < -0.3 is 10.8 Å². The second-order valence-electron chi connectivity index (χ2n) is 7.05. The highest BCUT2D eigenvalue weighted by Gasteiger charge is 2.55. The van der Waals surface area contributed by atoms with Gasteiger partial charge in [0.2, 0.25) is 0 Å². The molecule has 1 aliphatic rings. The largest absolute Gasteiger partial charge is 0.389 e. The minimum Gasteiger partial charge on any atom is -0.389 e. The molecule has 1 fully saturated rings. The maximum Gasteiger partial charge on any atom is 0.151 e. The summed E-state index contributed by atoms with van der Waals surface area (Å²) in [4.78, 5) is 0. The normalized spacial score (nSPS) is 27.4. The van der Waals surface area contributed by atoms with Crippen LogP contribution in [0.25, 0.3) is 0 Å². The number of hydrogen-bond acceptors (Lipinski definition) is 4. The van der Waals surface area contributed by atoms with E-state index in [9.17, 15) is 13.5 Å². The fourth-order valence-corrected chi connectivity index (χ4v) is 5.72. The summed E-state index contributed by atoms with van der Waals surface area (Å²) in [6, 6.07) is 0. The maximum absolute atomic E-state index is 11.9. The molecule has 0 aliphatic carbocycles. The van der Waals surface area contributed by atoms with Gasteiger partial charge in [0.25, 0.3) is 0 Å². The molecule has 0 saturated carbocycles. The standard InChI is InChI=1S/C14H29NO3S/c1-11(2)7-14(16,8-12(3)4)13(9-15)5-6-19(17,18)10-13/h11-12,16H,5-10,15H2,1-4H3. The van der Waals surface area contributed by atoms with Crippen molar-refractivity contribution in [2.75, 3.05) is 18.1 Å². The zero-order valence-electron chi connectivity index (χ0n) is 12.6. The van der Waals surface area contributed by atoms with Gasteiger partial charge in [-0.1, -0.05) is 27.7 Å². The SMILES string of the molecule is CC(C)CC(O)(CC(C)C)C1(CN)CCS(=O)(=O)C1. The smallest absolute Gasteiger partial charge is 0.151 e. The van der Waals surface area contributed by atoms with Crippen LogP contribution in [-0.4, -0.2) is 37.2 Å². The predicted octanol–water partition coefficient (Wildman–Crippen LogP) is 1.57. The number of aliphatic hydroxyl groups is 1. The zero-order valence-corrected chi connectivity index (χ0v) is 13.5. The Balaban J connectivity index is 3.14. The molecule has 0 aromatic rings. The van der Waals surface area contributed by atoms with Crippen molar-refractivity contribution in [2.24, 2.45) is 23.0 Å². The van der Waals surface area contributed by atoms with Crippen molar-refractivity contribution in [1.29, 1.82) is 0 Å². The quantitative estimate of drug-likeness (QED) is 0.778. The molecule has 0 aromatic carbocycles. The first-order chi connectivity index (χ1) is 8.56. The lowest BCUT2D eigenvalue weighted by Gasteiger charge is -2.46. The molecule has 0 spiro atoms. The van der Waals surface area contributed by atoms with Crippen LogP contribution in [0.2, 0.25) is 0 Å². The van der Waals surface area contributed by atoms with E-state index in [0.717, 1.165) is 0 Å².